The smallest absolute Gasteiger partial charge is 0.149 e. The van der Waals surface area contributed by atoms with Gasteiger partial charge in [0.05, 0.1) is 7.11 Å². The van der Waals surface area contributed by atoms with Gasteiger partial charge in [0.15, 0.2) is 0 Å². The lowest BCUT2D eigenvalue weighted by molar-refractivity contribution is 0.419. The van der Waals surface area contributed by atoms with Crippen LogP contribution < -0.4 is 10.1 Å². The van der Waals surface area contributed by atoms with E-state index in [9.17, 15) is 4.39 Å². The zero-order chi connectivity index (χ0) is 13.8. The Morgan fingerprint density at radius 3 is 2.74 bits per heavy atom. The van der Waals surface area contributed by atoms with Crippen molar-refractivity contribution in [1.29, 1.82) is 0 Å². The lowest BCUT2D eigenvalue weighted by Gasteiger charge is -2.13. The molecule has 2 aromatic rings. The highest BCUT2D eigenvalue weighted by Gasteiger charge is 2.12. The molecule has 0 atom stereocenters. The van der Waals surface area contributed by atoms with E-state index in [1.165, 1.54) is 6.07 Å². The normalized spacial score (nSPS) is 10.7. The third-order valence-electron chi connectivity index (χ3n) is 3.12. The maximum Gasteiger partial charge on any atom is 0.149 e. The van der Waals surface area contributed by atoms with E-state index in [4.69, 9.17) is 4.74 Å². The summed E-state index contributed by atoms with van der Waals surface area (Å²) >= 11 is 0. The monoisotopic (exact) mass is 262 g/mol. The SMILES string of the molecule is CCCNc1nc2c(F)ccc(OC)c2cc1CC. The number of hydrogen-bond donors (Lipinski definition) is 1. The van der Waals surface area contributed by atoms with Crippen LogP contribution in [0.25, 0.3) is 10.9 Å². The Morgan fingerprint density at radius 2 is 2.11 bits per heavy atom. The quantitative estimate of drug-likeness (QED) is 0.890. The van der Waals surface area contributed by atoms with Gasteiger partial charge in [0, 0.05) is 11.9 Å². The molecule has 102 valence electrons. The van der Waals surface area contributed by atoms with Crippen molar-refractivity contribution in [2.45, 2.75) is 26.7 Å². The van der Waals surface area contributed by atoms with Gasteiger partial charge in [0.25, 0.3) is 0 Å². The maximum absolute atomic E-state index is 13.9. The van der Waals surface area contributed by atoms with Crippen molar-refractivity contribution in [3.05, 3.63) is 29.6 Å². The van der Waals surface area contributed by atoms with Gasteiger partial charge in [-0.15, -0.1) is 0 Å². The Balaban J connectivity index is 2.62. The summed E-state index contributed by atoms with van der Waals surface area (Å²) < 4.78 is 19.2. The van der Waals surface area contributed by atoms with Gasteiger partial charge in [0.1, 0.15) is 22.9 Å². The van der Waals surface area contributed by atoms with Gasteiger partial charge in [-0.2, -0.15) is 0 Å². The summed E-state index contributed by atoms with van der Waals surface area (Å²) in [7, 11) is 1.58. The fraction of sp³-hybridized carbons (Fsp3) is 0.400. The second-order valence-electron chi connectivity index (χ2n) is 4.42. The molecule has 0 bridgehead atoms. The van der Waals surface area contributed by atoms with Gasteiger partial charge in [-0.1, -0.05) is 13.8 Å². The highest BCUT2D eigenvalue weighted by atomic mass is 19.1. The van der Waals surface area contributed by atoms with Gasteiger partial charge < -0.3 is 10.1 Å². The fourth-order valence-electron chi connectivity index (χ4n) is 2.09. The second-order valence-corrected chi connectivity index (χ2v) is 4.42. The Morgan fingerprint density at radius 1 is 1.32 bits per heavy atom. The van der Waals surface area contributed by atoms with Crippen LogP contribution in [-0.2, 0) is 6.42 Å². The molecule has 1 aromatic heterocycles. The van der Waals surface area contributed by atoms with E-state index in [2.05, 4.69) is 24.1 Å². The first-order valence-electron chi connectivity index (χ1n) is 6.61. The fourth-order valence-corrected chi connectivity index (χ4v) is 2.09. The van der Waals surface area contributed by atoms with Crippen LogP contribution in [0.2, 0.25) is 0 Å². The number of methoxy groups -OCH3 is 1. The van der Waals surface area contributed by atoms with Crippen molar-refractivity contribution in [3.8, 4) is 5.75 Å². The first-order chi connectivity index (χ1) is 9.21. The van der Waals surface area contributed by atoms with E-state index in [-0.39, 0.29) is 5.82 Å². The van der Waals surface area contributed by atoms with Crippen LogP contribution in [0.3, 0.4) is 0 Å². The largest absolute Gasteiger partial charge is 0.496 e. The summed E-state index contributed by atoms with van der Waals surface area (Å²) in [6.45, 7) is 4.98. The van der Waals surface area contributed by atoms with E-state index >= 15 is 0 Å². The first kappa shape index (κ1) is 13.6. The van der Waals surface area contributed by atoms with Crippen LogP contribution in [-0.4, -0.2) is 18.6 Å². The minimum absolute atomic E-state index is 0.321. The molecule has 0 aliphatic carbocycles. The van der Waals surface area contributed by atoms with E-state index in [1.54, 1.807) is 13.2 Å². The predicted octanol–water partition coefficient (Wildman–Crippen LogP) is 3.77. The molecule has 0 unspecified atom stereocenters. The van der Waals surface area contributed by atoms with E-state index in [0.717, 1.165) is 36.2 Å². The molecule has 0 spiro atoms. The number of anilines is 1. The zero-order valence-electron chi connectivity index (χ0n) is 11.6. The van der Waals surface area contributed by atoms with Crippen molar-refractivity contribution < 1.29 is 9.13 Å². The average molecular weight is 262 g/mol. The summed E-state index contributed by atoms with van der Waals surface area (Å²) in [5.41, 5.74) is 1.43. The molecule has 0 saturated heterocycles. The number of aryl methyl sites for hydroxylation is 1. The lowest BCUT2D eigenvalue weighted by atomic mass is 10.1. The molecule has 1 aromatic carbocycles. The van der Waals surface area contributed by atoms with Crippen LogP contribution in [0.15, 0.2) is 18.2 Å². The highest BCUT2D eigenvalue weighted by molar-refractivity contribution is 5.88. The average Bonchev–Trinajstić information content (AvgIpc) is 2.45. The number of nitrogens with zero attached hydrogens (tertiary/aromatic N) is 1. The molecular weight excluding hydrogens is 243 g/mol. The second kappa shape index (κ2) is 5.87. The molecule has 0 fully saturated rings. The number of hydrogen-bond acceptors (Lipinski definition) is 3. The molecular formula is C15H19FN2O. The van der Waals surface area contributed by atoms with Gasteiger partial charge in [0.2, 0.25) is 0 Å². The van der Waals surface area contributed by atoms with E-state index in [1.807, 2.05) is 6.07 Å². The number of halogens is 1. The Kier molecular flexibility index (Phi) is 4.20. The molecule has 2 rings (SSSR count). The Hall–Kier alpha value is -1.84. The number of pyridine rings is 1. The molecule has 0 radical (unpaired) electrons. The van der Waals surface area contributed by atoms with Gasteiger partial charge in [-0.05, 0) is 36.6 Å². The summed E-state index contributed by atoms with van der Waals surface area (Å²) in [5, 5.41) is 3.98. The van der Waals surface area contributed by atoms with Crippen molar-refractivity contribution >= 4 is 16.7 Å². The van der Waals surface area contributed by atoms with Crippen molar-refractivity contribution in [2.24, 2.45) is 0 Å². The molecule has 1 heterocycles. The Bertz CT molecular complexity index is 584. The molecule has 1 N–H and O–H groups in total. The van der Waals surface area contributed by atoms with E-state index < -0.39 is 0 Å². The summed E-state index contributed by atoms with van der Waals surface area (Å²) in [5.74, 6) is 1.10. The van der Waals surface area contributed by atoms with Crippen molar-refractivity contribution in [3.63, 3.8) is 0 Å². The Labute approximate surface area is 112 Å². The summed E-state index contributed by atoms with van der Waals surface area (Å²) in [6.07, 6.45) is 1.85. The number of fused-ring (bicyclic) bond motifs is 1. The molecule has 4 heteroatoms. The predicted molar refractivity (Wildman–Crippen MR) is 76.4 cm³/mol. The van der Waals surface area contributed by atoms with Crippen molar-refractivity contribution in [2.75, 3.05) is 19.0 Å². The molecule has 19 heavy (non-hydrogen) atoms. The molecule has 0 saturated carbocycles. The number of rotatable bonds is 5. The zero-order valence-corrected chi connectivity index (χ0v) is 11.6. The third kappa shape index (κ3) is 2.62. The highest BCUT2D eigenvalue weighted by Crippen LogP contribution is 2.30. The van der Waals surface area contributed by atoms with Gasteiger partial charge >= 0.3 is 0 Å². The molecule has 0 amide bonds. The van der Waals surface area contributed by atoms with Gasteiger partial charge in [-0.25, -0.2) is 9.37 Å². The minimum Gasteiger partial charge on any atom is -0.496 e. The number of aromatic nitrogens is 1. The molecule has 0 aliphatic heterocycles. The summed E-state index contributed by atoms with van der Waals surface area (Å²) in [6, 6.07) is 4.99. The number of ether oxygens (including phenoxy) is 1. The van der Waals surface area contributed by atoms with Crippen LogP contribution >= 0.6 is 0 Å². The van der Waals surface area contributed by atoms with Crippen LogP contribution in [0.5, 0.6) is 5.75 Å². The maximum atomic E-state index is 13.9. The lowest BCUT2D eigenvalue weighted by Crippen LogP contribution is -2.06. The first-order valence-corrected chi connectivity index (χ1v) is 6.61. The minimum atomic E-state index is -0.321. The molecule has 3 nitrogen and oxygen atoms in total. The van der Waals surface area contributed by atoms with Crippen LogP contribution in [0.1, 0.15) is 25.8 Å². The number of benzene rings is 1. The summed E-state index contributed by atoms with van der Waals surface area (Å²) in [4.78, 5) is 4.43. The topological polar surface area (TPSA) is 34.2 Å². The van der Waals surface area contributed by atoms with Crippen LogP contribution in [0, 0.1) is 5.82 Å². The van der Waals surface area contributed by atoms with Gasteiger partial charge in [-0.3, -0.25) is 0 Å². The van der Waals surface area contributed by atoms with Crippen molar-refractivity contribution in [1.82, 2.24) is 4.98 Å². The van der Waals surface area contributed by atoms with Crippen LogP contribution in [0.4, 0.5) is 10.2 Å². The van der Waals surface area contributed by atoms with E-state index in [0.29, 0.717) is 11.3 Å². The molecule has 0 aliphatic rings. The number of nitrogens with one attached hydrogen (secondary N) is 1. The standard InChI is InChI=1S/C15H19FN2O/c1-4-8-17-15-10(5-2)9-11-13(19-3)7-6-12(16)14(11)18-15/h6-7,9H,4-5,8H2,1-3H3,(H,17,18). The third-order valence-corrected chi connectivity index (χ3v) is 3.12.